The second-order valence-corrected chi connectivity index (χ2v) is 2.45. The van der Waals surface area contributed by atoms with Gasteiger partial charge in [0.15, 0.2) is 6.10 Å². The first-order chi connectivity index (χ1) is 4.72. The lowest BCUT2D eigenvalue weighted by Crippen LogP contribution is -2.26. The molecule has 2 atom stereocenters. The van der Waals surface area contributed by atoms with E-state index in [-0.39, 0.29) is 5.92 Å². The molecule has 0 aliphatic heterocycles. The van der Waals surface area contributed by atoms with E-state index in [9.17, 15) is 4.79 Å². The van der Waals surface area contributed by atoms with Crippen molar-refractivity contribution in [3.63, 3.8) is 0 Å². The molecule has 0 fully saturated rings. The maximum Gasteiger partial charge on any atom is 0.333 e. The van der Waals surface area contributed by atoms with Crippen LogP contribution in [-0.4, -0.2) is 22.3 Å². The monoisotopic (exact) mass is 142 g/mol. The van der Waals surface area contributed by atoms with E-state index in [2.05, 4.69) is 0 Å². The Morgan fingerprint density at radius 3 is 2.80 bits per heavy atom. The summed E-state index contributed by atoms with van der Waals surface area (Å²) in [7, 11) is 0. The average molecular weight is 142 g/mol. The minimum Gasteiger partial charge on any atom is -0.479 e. The molecule has 0 heterocycles. The quantitative estimate of drug-likeness (QED) is 0.548. The van der Waals surface area contributed by atoms with Crippen LogP contribution in [0.2, 0.25) is 0 Å². The van der Waals surface area contributed by atoms with Crippen molar-refractivity contribution in [3.05, 3.63) is 12.2 Å². The number of carboxylic acids is 1. The van der Waals surface area contributed by atoms with Crippen LogP contribution in [0, 0.1) is 5.92 Å². The molecule has 2 N–H and O–H groups in total. The fraction of sp³-hybridized carbons (Fsp3) is 0.571. The summed E-state index contributed by atoms with van der Waals surface area (Å²) in [5, 5.41) is 17.3. The SMILES string of the molecule is O=C(O)[C@H](O)C1C=CCC1. The van der Waals surface area contributed by atoms with Crippen LogP contribution in [0.5, 0.6) is 0 Å². The molecule has 0 saturated carbocycles. The smallest absolute Gasteiger partial charge is 0.333 e. The first kappa shape index (κ1) is 7.28. The van der Waals surface area contributed by atoms with Gasteiger partial charge >= 0.3 is 5.97 Å². The van der Waals surface area contributed by atoms with E-state index in [4.69, 9.17) is 10.2 Å². The molecule has 1 aliphatic carbocycles. The molecule has 3 nitrogen and oxygen atoms in total. The van der Waals surface area contributed by atoms with Gasteiger partial charge in [-0.1, -0.05) is 12.2 Å². The summed E-state index contributed by atoms with van der Waals surface area (Å²) in [6.07, 6.45) is 4.09. The highest BCUT2D eigenvalue weighted by atomic mass is 16.4. The van der Waals surface area contributed by atoms with Crippen LogP contribution in [-0.2, 0) is 4.79 Å². The molecule has 0 bridgehead atoms. The molecule has 0 aromatic heterocycles. The van der Waals surface area contributed by atoms with E-state index in [0.717, 1.165) is 12.8 Å². The molecule has 56 valence electrons. The summed E-state index contributed by atoms with van der Waals surface area (Å²) < 4.78 is 0. The second kappa shape index (κ2) is 2.84. The van der Waals surface area contributed by atoms with E-state index in [1.807, 2.05) is 6.08 Å². The lowest BCUT2D eigenvalue weighted by atomic mass is 10.0. The molecule has 1 unspecified atom stereocenters. The fourth-order valence-electron chi connectivity index (χ4n) is 1.10. The van der Waals surface area contributed by atoms with Gasteiger partial charge in [0.1, 0.15) is 0 Å². The topological polar surface area (TPSA) is 57.5 Å². The minimum absolute atomic E-state index is 0.169. The van der Waals surface area contributed by atoms with E-state index >= 15 is 0 Å². The minimum atomic E-state index is -1.21. The van der Waals surface area contributed by atoms with Crippen LogP contribution < -0.4 is 0 Å². The van der Waals surface area contributed by atoms with Gasteiger partial charge in [-0.3, -0.25) is 0 Å². The van der Waals surface area contributed by atoms with Crippen molar-refractivity contribution in [2.45, 2.75) is 18.9 Å². The first-order valence-electron chi connectivity index (χ1n) is 3.29. The molecule has 3 heteroatoms. The molecule has 0 aromatic rings. The number of aliphatic hydroxyl groups excluding tert-OH is 1. The highest BCUT2D eigenvalue weighted by molar-refractivity contribution is 5.72. The number of allylic oxidation sites excluding steroid dienone is 1. The molecule has 0 spiro atoms. The highest BCUT2D eigenvalue weighted by Crippen LogP contribution is 2.20. The maximum absolute atomic E-state index is 10.2. The third-order valence-electron chi connectivity index (χ3n) is 1.71. The molecule has 1 rings (SSSR count). The van der Waals surface area contributed by atoms with E-state index in [1.165, 1.54) is 0 Å². The Morgan fingerprint density at radius 2 is 2.40 bits per heavy atom. The third kappa shape index (κ3) is 1.36. The van der Waals surface area contributed by atoms with Gasteiger partial charge in [0.2, 0.25) is 0 Å². The number of carboxylic acid groups (broad SMARTS) is 1. The summed E-state index contributed by atoms with van der Waals surface area (Å²) in [4.78, 5) is 10.2. The second-order valence-electron chi connectivity index (χ2n) is 2.45. The molecular formula is C7H10O3. The van der Waals surface area contributed by atoms with Crippen molar-refractivity contribution >= 4 is 5.97 Å². The lowest BCUT2D eigenvalue weighted by Gasteiger charge is -2.10. The molecular weight excluding hydrogens is 132 g/mol. The zero-order valence-electron chi connectivity index (χ0n) is 5.53. The Hall–Kier alpha value is -0.830. The molecule has 10 heavy (non-hydrogen) atoms. The van der Waals surface area contributed by atoms with Gasteiger partial charge < -0.3 is 10.2 Å². The normalized spacial score (nSPS) is 26.7. The number of hydrogen-bond donors (Lipinski definition) is 2. The van der Waals surface area contributed by atoms with Crippen molar-refractivity contribution in [1.29, 1.82) is 0 Å². The van der Waals surface area contributed by atoms with Crippen molar-refractivity contribution in [2.75, 3.05) is 0 Å². The standard InChI is InChI=1S/C7H10O3/c8-6(7(9)10)5-3-1-2-4-5/h1,3,5-6,8H,2,4H2,(H,9,10)/t5?,6-/m1/s1. The van der Waals surface area contributed by atoms with Crippen LogP contribution in [0.4, 0.5) is 0 Å². The Morgan fingerprint density at radius 1 is 1.70 bits per heavy atom. The molecule has 0 radical (unpaired) electrons. The zero-order valence-corrected chi connectivity index (χ0v) is 5.53. The largest absolute Gasteiger partial charge is 0.479 e. The zero-order chi connectivity index (χ0) is 7.56. The Kier molecular flexibility index (Phi) is 2.06. The Labute approximate surface area is 59.0 Å². The van der Waals surface area contributed by atoms with Gasteiger partial charge in [-0.25, -0.2) is 4.79 Å². The molecule has 0 amide bonds. The first-order valence-corrected chi connectivity index (χ1v) is 3.29. The van der Waals surface area contributed by atoms with E-state index < -0.39 is 12.1 Å². The molecule has 0 aromatic carbocycles. The van der Waals surface area contributed by atoms with Gasteiger partial charge in [-0.05, 0) is 12.8 Å². The highest BCUT2D eigenvalue weighted by Gasteiger charge is 2.24. The summed E-state index contributed by atoms with van der Waals surface area (Å²) in [5.74, 6) is -1.30. The Bertz CT molecular complexity index is 162. The van der Waals surface area contributed by atoms with Crippen molar-refractivity contribution < 1.29 is 15.0 Å². The van der Waals surface area contributed by atoms with Crippen LogP contribution in [0.3, 0.4) is 0 Å². The summed E-state index contributed by atoms with van der Waals surface area (Å²) >= 11 is 0. The molecule has 0 saturated heterocycles. The van der Waals surface area contributed by atoms with Crippen LogP contribution in [0.15, 0.2) is 12.2 Å². The van der Waals surface area contributed by atoms with Gasteiger partial charge in [-0.15, -0.1) is 0 Å². The van der Waals surface area contributed by atoms with Gasteiger partial charge in [0.25, 0.3) is 0 Å². The van der Waals surface area contributed by atoms with Crippen molar-refractivity contribution in [3.8, 4) is 0 Å². The average Bonchev–Trinajstić information content (AvgIpc) is 2.36. The van der Waals surface area contributed by atoms with Crippen LogP contribution in [0.25, 0.3) is 0 Å². The number of aliphatic hydroxyl groups is 1. The van der Waals surface area contributed by atoms with E-state index in [1.54, 1.807) is 6.08 Å². The third-order valence-corrected chi connectivity index (χ3v) is 1.71. The number of aliphatic carboxylic acids is 1. The van der Waals surface area contributed by atoms with Gasteiger partial charge in [0.05, 0.1) is 0 Å². The summed E-state index contributed by atoms with van der Waals surface area (Å²) in [6, 6.07) is 0. The van der Waals surface area contributed by atoms with Crippen LogP contribution in [0.1, 0.15) is 12.8 Å². The van der Waals surface area contributed by atoms with Gasteiger partial charge in [0, 0.05) is 5.92 Å². The summed E-state index contributed by atoms with van der Waals surface area (Å²) in [6.45, 7) is 0. The predicted octanol–water partition coefficient (Wildman–Crippen LogP) is 0.398. The Balaban J connectivity index is 2.48. The fourth-order valence-corrected chi connectivity index (χ4v) is 1.10. The lowest BCUT2D eigenvalue weighted by molar-refractivity contribution is -0.148. The number of hydrogen-bond acceptors (Lipinski definition) is 2. The maximum atomic E-state index is 10.2. The predicted molar refractivity (Wildman–Crippen MR) is 35.5 cm³/mol. The summed E-state index contributed by atoms with van der Waals surface area (Å²) in [5.41, 5.74) is 0. The molecule has 1 aliphatic rings. The van der Waals surface area contributed by atoms with E-state index in [0.29, 0.717) is 0 Å². The van der Waals surface area contributed by atoms with Gasteiger partial charge in [-0.2, -0.15) is 0 Å². The van der Waals surface area contributed by atoms with Crippen LogP contribution >= 0.6 is 0 Å². The van der Waals surface area contributed by atoms with Crippen molar-refractivity contribution in [2.24, 2.45) is 5.92 Å². The number of carbonyl (C=O) groups is 1. The number of rotatable bonds is 2. The van der Waals surface area contributed by atoms with Crippen molar-refractivity contribution in [1.82, 2.24) is 0 Å².